The van der Waals surface area contributed by atoms with Crippen LogP contribution in [0.15, 0.2) is 48.5 Å². The molecule has 5 nitrogen and oxygen atoms in total. The SMILES string of the molecule is COCCN1C[C@@H](NC(=O)c2ccccc2Cc2ccc(C)cc2)CC1=O. The summed E-state index contributed by atoms with van der Waals surface area (Å²) in [5.74, 6) is -0.0607. The molecule has 1 N–H and O–H groups in total. The summed E-state index contributed by atoms with van der Waals surface area (Å²) in [5.41, 5.74) is 4.04. The summed E-state index contributed by atoms with van der Waals surface area (Å²) in [6, 6.07) is 15.8. The van der Waals surface area contributed by atoms with Crippen molar-refractivity contribution >= 4 is 11.8 Å². The molecule has 1 aliphatic heterocycles. The zero-order chi connectivity index (χ0) is 19.2. The minimum Gasteiger partial charge on any atom is -0.383 e. The van der Waals surface area contributed by atoms with Crippen molar-refractivity contribution in [2.45, 2.75) is 25.8 Å². The number of carbonyl (C=O) groups excluding carboxylic acids is 2. The number of nitrogens with zero attached hydrogens (tertiary/aromatic N) is 1. The van der Waals surface area contributed by atoms with Crippen molar-refractivity contribution in [1.82, 2.24) is 10.2 Å². The molecule has 0 bridgehead atoms. The van der Waals surface area contributed by atoms with Crippen LogP contribution in [0.5, 0.6) is 0 Å². The Morgan fingerprint density at radius 3 is 2.67 bits per heavy atom. The molecule has 3 rings (SSSR count). The number of hydrogen-bond acceptors (Lipinski definition) is 3. The first-order chi connectivity index (χ1) is 13.1. The Morgan fingerprint density at radius 2 is 1.93 bits per heavy atom. The molecule has 1 saturated heterocycles. The van der Waals surface area contributed by atoms with Crippen molar-refractivity contribution in [1.29, 1.82) is 0 Å². The Kier molecular flexibility index (Phi) is 6.24. The van der Waals surface area contributed by atoms with E-state index in [9.17, 15) is 9.59 Å². The number of likely N-dealkylation sites (tertiary alicyclic amines) is 1. The van der Waals surface area contributed by atoms with E-state index in [1.807, 2.05) is 24.3 Å². The number of hydrogen-bond donors (Lipinski definition) is 1. The molecule has 2 amide bonds. The lowest BCUT2D eigenvalue weighted by Gasteiger charge is -2.17. The highest BCUT2D eigenvalue weighted by Crippen LogP contribution is 2.17. The van der Waals surface area contributed by atoms with Crippen molar-refractivity contribution in [2.75, 3.05) is 26.8 Å². The van der Waals surface area contributed by atoms with Crippen molar-refractivity contribution in [3.8, 4) is 0 Å². The maximum atomic E-state index is 12.8. The van der Waals surface area contributed by atoms with E-state index >= 15 is 0 Å². The van der Waals surface area contributed by atoms with Gasteiger partial charge < -0.3 is 15.0 Å². The van der Waals surface area contributed by atoms with Gasteiger partial charge in [-0.05, 0) is 30.5 Å². The largest absolute Gasteiger partial charge is 0.383 e. The highest BCUT2D eigenvalue weighted by molar-refractivity contribution is 5.96. The number of ether oxygens (including phenoxy) is 1. The molecule has 1 heterocycles. The summed E-state index contributed by atoms with van der Waals surface area (Å²) in [7, 11) is 1.62. The van der Waals surface area contributed by atoms with Crippen molar-refractivity contribution in [3.05, 3.63) is 70.8 Å². The van der Waals surface area contributed by atoms with E-state index in [1.54, 1.807) is 12.0 Å². The molecule has 142 valence electrons. The number of carbonyl (C=O) groups is 2. The minimum atomic E-state index is -0.158. The van der Waals surface area contributed by atoms with Gasteiger partial charge in [0.15, 0.2) is 0 Å². The van der Waals surface area contributed by atoms with Gasteiger partial charge in [-0.3, -0.25) is 9.59 Å². The summed E-state index contributed by atoms with van der Waals surface area (Å²) in [6.07, 6.45) is 1.04. The molecule has 27 heavy (non-hydrogen) atoms. The van der Waals surface area contributed by atoms with Crippen LogP contribution in [0.4, 0.5) is 0 Å². The van der Waals surface area contributed by atoms with Crippen LogP contribution in [0.1, 0.15) is 33.5 Å². The molecular formula is C22H26N2O3. The minimum absolute atomic E-state index is 0.0605. The van der Waals surface area contributed by atoms with E-state index in [-0.39, 0.29) is 17.9 Å². The first kappa shape index (κ1) is 19.1. The van der Waals surface area contributed by atoms with Crippen LogP contribution in [-0.2, 0) is 16.0 Å². The van der Waals surface area contributed by atoms with Gasteiger partial charge in [-0.25, -0.2) is 0 Å². The van der Waals surface area contributed by atoms with Gasteiger partial charge in [-0.15, -0.1) is 0 Å². The molecule has 1 fully saturated rings. The normalized spacial score (nSPS) is 16.6. The van der Waals surface area contributed by atoms with Gasteiger partial charge in [0.1, 0.15) is 0 Å². The summed E-state index contributed by atoms with van der Waals surface area (Å²) in [5, 5.41) is 3.03. The van der Waals surface area contributed by atoms with Crippen LogP contribution in [0, 0.1) is 6.92 Å². The van der Waals surface area contributed by atoms with Gasteiger partial charge in [0.2, 0.25) is 5.91 Å². The van der Waals surface area contributed by atoms with Gasteiger partial charge in [0.25, 0.3) is 5.91 Å². The third kappa shape index (κ3) is 4.95. The fourth-order valence-corrected chi connectivity index (χ4v) is 3.37. The number of benzene rings is 2. The number of aryl methyl sites for hydroxylation is 1. The van der Waals surface area contributed by atoms with Crippen LogP contribution in [0.25, 0.3) is 0 Å². The number of amides is 2. The first-order valence-electron chi connectivity index (χ1n) is 9.28. The van der Waals surface area contributed by atoms with Crippen molar-refractivity contribution in [3.63, 3.8) is 0 Å². The summed E-state index contributed by atoms with van der Waals surface area (Å²) < 4.78 is 5.04. The Balaban J connectivity index is 1.67. The average Bonchev–Trinajstić information content (AvgIpc) is 3.01. The molecule has 0 radical (unpaired) electrons. The standard InChI is InChI=1S/C22H26N2O3/c1-16-7-9-17(10-8-16)13-18-5-3-4-6-20(18)22(26)23-19-14-21(25)24(15-19)11-12-27-2/h3-10,19H,11-15H2,1-2H3,(H,23,26)/t19-/m0/s1. The maximum Gasteiger partial charge on any atom is 0.251 e. The van der Waals surface area contributed by atoms with Crippen LogP contribution in [0.3, 0.4) is 0 Å². The molecule has 1 atom stereocenters. The molecule has 0 saturated carbocycles. The smallest absolute Gasteiger partial charge is 0.251 e. The highest BCUT2D eigenvalue weighted by atomic mass is 16.5. The highest BCUT2D eigenvalue weighted by Gasteiger charge is 2.30. The summed E-state index contributed by atoms with van der Waals surface area (Å²) in [6.45, 7) is 3.66. The molecule has 2 aromatic rings. The Labute approximate surface area is 160 Å². The molecule has 0 unspecified atom stereocenters. The zero-order valence-corrected chi connectivity index (χ0v) is 15.9. The second-order valence-corrected chi connectivity index (χ2v) is 7.03. The molecule has 0 aromatic heterocycles. The fourth-order valence-electron chi connectivity index (χ4n) is 3.37. The van der Waals surface area contributed by atoms with Gasteiger partial charge in [-0.2, -0.15) is 0 Å². The van der Waals surface area contributed by atoms with E-state index in [1.165, 1.54) is 11.1 Å². The van der Waals surface area contributed by atoms with Crippen molar-refractivity contribution in [2.24, 2.45) is 0 Å². The lowest BCUT2D eigenvalue weighted by atomic mass is 9.98. The Morgan fingerprint density at radius 1 is 1.19 bits per heavy atom. The van der Waals surface area contributed by atoms with E-state index < -0.39 is 0 Å². The van der Waals surface area contributed by atoms with E-state index in [0.717, 1.165) is 5.56 Å². The molecule has 1 aliphatic rings. The van der Waals surface area contributed by atoms with Crippen LogP contribution in [0.2, 0.25) is 0 Å². The monoisotopic (exact) mass is 366 g/mol. The Hall–Kier alpha value is -2.66. The second kappa shape index (κ2) is 8.82. The number of nitrogens with one attached hydrogen (secondary N) is 1. The van der Waals surface area contributed by atoms with E-state index in [2.05, 4.69) is 36.5 Å². The molecule has 0 spiro atoms. The maximum absolute atomic E-state index is 12.8. The number of rotatable bonds is 7. The first-order valence-corrected chi connectivity index (χ1v) is 9.28. The Bertz CT molecular complexity index is 801. The lowest BCUT2D eigenvalue weighted by molar-refractivity contribution is -0.128. The summed E-state index contributed by atoms with van der Waals surface area (Å²) >= 11 is 0. The topological polar surface area (TPSA) is 58.6 Å². The lowest BCUT2D eigenvalue weighted by Crippen LogP contribution is -2.38. The van der Waals surface area contributed by atoms with E-state index in [4.69, 9.17) is 4.74 Å². The molecular weight excluding hydrogens is 340 g/mol. The zero-order valence-electron chi connectivity index (χ0n) is 15.9. The molecule has 5 heteroatoms. The van der Waals surface area contributed by atoms with Crippen LogP contribution < -0.4 is 5.32 Å². The van der Waals surface area contributed by atoms with Gasteiger partial charge >= 0.3 is 0 Å². The van der Waals surface area contributed by atoms with Crippen LogP contribution in [-0.4, -0.2) is 49.6 Å². The van der Waals surface area contributed by atoms with Gasteiger partial charge in [0.05, 0.1) is 12.6 Å². The molecule has 0 aliphatic carbocycles. The third-order valence-electron chi connectivity index (χ3n) is 4.89. The van der Waals surface area contributed by atoms with E-state index in [0.29, 0.717) is 38.1 Å². The second-order valence-electron chi connectivity index (χ2n) is 7.03. The number of methoxy groups -OCH3 is 1. The predicted molar refractivity (Wildman–Crippen MR) is 105 cm³/mol. The molecule has 2 aromatic carbocycles. The average molecular weight is 366 g/mol. The van der Waals surface area contributed by atoms with Gasteiger partial charge in [0, 0.05) is 32.2 Å². The van der Waals surface area contributed by atoms with Gasteiger partial charge in [-0.1, -0.05) is 48.0 Å². The third-order valence-corrected chi connectivity index (χ3v) is 4.89. The quantitative estimate of drug-likeness (QED) is 0.819. The fraction of sp³-hybridized carbons (Fsp3) is 0.364. The van der Waals surface area contributed by atoms with Crippen molar-refractivity contribution < 1.29 is 14.3 Å². The van der Waals surface area contributed by atoms with Crippen LogP contribution >= 0.6 is 0 Å². The predicted octanol–water partition coefficient (Wildman–Crippen LogP) is 2.56. The summed E-state index contributed by atoms with van der Waals surface area (Å²) in [4.78, 5) is 26.6.